The van der Waals surface area contributed by atoms with Gasteiger partial charge < -0.3 is 14.6 Å². The van der Waals surface area contributed by atoms with Gasteiger partial charge in [0.15, 0.2) is 0 Å². The SMILES string of the molecule is CN1CCC(c2cc3c(cc2F)c(=O)c(C(=O)O)cn3-c2ccc(F)cc2)C1. The fourth-order valence-corrected chi connectivity index (χ4v) is 3.83. The van der Waals surface area contributed by atoms with Crippen molar-refractivity contribution in [2.75, 3.05) is 20.1 Å². The van der Waals surface area contributed by atoms with E-state index < -0.39 is 28.6 Å². The van der Waals surface area contributed by atoms with Crippen LogP contribution in [0, 0.1) is 11.6 Å². The fraction of sp³-hybridized carbons (Fsp3) is 0.238. The number of carbonyl (C=O) groups is 1. The van der Waals surface area contributed by atoms with E-state index in [4.69, 9.17) is 0 Å². The van der Waals surface area contributed by atoms with Crippen LogP contribution in [0.15, 0.2) is 47.4 Å². The number of benzene rings is 2. The molecule has 5 nitrogen and oxygen atoms in total. The number of halogens is 2. The van der Waals surface area contributed by atoms with E-state index in [1.807, 2.05) is 7.05 Å². The van der Waals surface area contributed by atoms with Crippen LogP contribution in [0.5, 0.6) is 0 Å². The predicted molar refractivity (Wildman–Crippen MR) is 101 cm³/mol. The summed E-state index contributed by atoms with van der Waals surface area (Å²) < 4.78 is 29.7. The van der Waals surface area contributed by atoms with Crippen LogP contribution in [0.3, 0.4) is 0 Å². The molecule has 1 aromatic heterocycles. The molecule has 28 heavy (non-hydrogen) atoms. The largest absolute Gasteiger partial charge is 0.477 e. The first-order valence-electron chi connectivity index (χ1n) is 8.91. The topological polar surface area (TPSA) is 62.5 Å². The monoisotopic (exact) mass is 384 g/mol. The number of fused-ring (bicyclic) bond motifs is 1. The lowest BCUT2D eigenvalue weighted by Gasteiger charge is -2.17. The molecule has 1 aliphatic heterocycles. The number of hydrogen-bond donors (Lipinski definition) is 1. The molecule has 0 saturated carbocycles. The maximum absolute atomic E-state index is 14.8. The minimum absolute atomic E-state index is 0.00896. The molecule has 1 N–H and O–H groups in total. The highest BCUT2D eigenvalue weighted by atomic mass is 19.1. The minimum Gasteiger partial charge on any atom is -0.477 e. The van der Waals surface area contributed by atoms with E-state index in [1.165, 1.54) is 35.0 Å². The molecular formula is C21H18F2N2O3. The number of hydrogen-bond acceptors (Lipinski definition) is 3. The molecule has 3 aromatic rings. The van der Waals surface area contributed by atoms with Gasteiger partial charge in [-0.15, -0.1) is 0 Å². The van der Waals surface area contributed by atoms with Gasteiger partial charge in [-0.25, -0.2) is 13.6 Å². The van der Waals surface area contributed by atoms with Crippen molar-refractivity contribution in [1.29, 1.82) is 0 Å². The fourth-order valence-electron chi connectivity index (χ4n) is 3.83. The quantitative estimate of drug-likeness (QED) is 0.752. The Morgan fingerprint density at radius 3 is 2.50 bits per heavy atom. The summed E-state index contributed by atoms with van der Waals surface area (Å²) >= 11 is 0. The van der Waals surface area contributed by atoms with Gasteiger partial charge in [0.25, 0.3) is 0 Å². The number of likely N-dealkylation sites (tertiary alicyclic amines) is 1. The Kier molecular flexibility index (Phi) is 4.47. The van der Waals surface area contributed by atoms with Crippen molar-refractivity contribution in [2.24, 2.45) is 0 Å². The van der Waals surface area contributed by atoms with Gasteiger partial charge in [0.2, 0.25) is 5.43 Å². The highest BCUT2D eigenvalue weighted by Crippen LogP contribution is 2.31. The molecule has 1 saturated heterocycles. The summed E-state index contributed by atoms with van der Waals surface area (Å²) in [7, 11) is 1.96. The number of aromatic nitrogens is 1. The molecule has 1 fully saturated rings. The van der Waals surface area contributed by atoms with E-state index in [0.29, 0.717) is 23.3 Å². The second-order valence-corrected chi connectivity index (χ2v) is 7.16. The van der Waals surface area contributed by atoms with Crippen LogP contribution in [0.4, 0.5) is 8.78 Å². The summed E-state index contributed by atoms with van der Waals surface area (Å²) in [4.78, 5) is 26.2. The zero-order valence-corrected chi connectivity index (χ0v) is 15.2. The van der Waals surface area contributed by atoms with Gasteiger partial charge in [0.05, 0.1) is 5.52 Å². The molecule has 1 unspecified atom stereocenters. The third-order valence-electron chi connectivity index (χ3n) is 5.29. The van der Waals surface area contributed by atoms with Gasteiger partial charge in [-0.3, -0.25) is 4.79 Å². The molecule has 2 aromatic carbocycles. The Bertz CT molecular complexity index is 1140. The Balaban J connectivity index is 2.02. The second kappa shape index (κ2) is 6.83. The summed E-state index contributed by atoms with van der Waals surface area (Å²) in [5.41, 5.74) is 0.164. The van der Waals surface area contributed by atoms with Crippen LogP contribution in [0.25, 0.3) is 16.6 Å². The van der Waals surface area contributed by atoms with Crippen molar-refractivity contribution < 1.29 is 18.7 Å². The number of carboxylic acid groups (broad SMARTS) is 1. The minimum atomic E-state index is -1.40. The van der Waals surface area contributed by atoms with E-state index in [0.717, 1.165) is 19.0 Å². The molecule has 1 atom stereocenters. The number of nitrogens with zero attached hydrogens (tertiary/aromatic N) is 2. The number of likely N-dealkylation sites (N-methyl/N-ethyl adjacent to an activating group) is 1. The normalized spacial score (nSPS) is 17.3. The van der Waals surface area contributed by atoms with Crippen molar-refractivity contribution in [2.45, 2.75) is 12.3 Å². The maximum atomic E-state index is 14.8. The molecule has 0 spiro atoms. The van der Waals surface area contributed by atoms with Crippen LogP contribution in [-0.2, 0) is 0 Å². The van der Waals surface area contributed by atoms with Crippen molar-refractivity contribution in [1.82, 2.24) is 9.47 Å². The average Bonchev–Trinajstić information content (AvgIpc) is 3.09. The van der Waals surface area contributed by atoms with Crippen LogP contribution < -0.4 is 5.43 Å². The summed E-state index contributed by atoms with van der Waals surface area (Å²) in [6.45, 7) is 1.56. The Labute approximate surface area is 159 Å². The Morgan fingerprint density at radius 2 is 1.89 bits per heavy atom. The van der Waals surface area contributed by atoms with Crippen molar-refractivity contribution in [3.63, 3.8) is 0 Å². The van der Waals surface area contributed by atoms with E-state index in [9.17, 15) is 23.5 Å². The lowest BCUT2D eigenvalue weighted by molar-refractivity contribution is 0.0695. The van der Waals surface area contributed by atoms with E-state index in [1.54, 1.807) is 6.07 Å². The van der Waals surface area contributed by atoms with E-state index in [-0.39, 0.29) is 11.3 Å². The van der Waals surface area contributed by atoms with E-state index in [2.05, 4.69) is 4.90 Å². The van der Waals surface area contributed by atoms with Gasteiger partial charge in [-0.05, 0) is 62.0 Å². The summed E-state index contributed by atoms with van der Waals surface area (Å²) in [5, 5.41) is 9.38. The van der Waals surface area contributed by atoms with Crippen LogP contribution in [0.1, 0.15) is 28.3 Å². The maximum Gasteiger partial charge on any atom is 0.341 e. The molecule has 0 amide bonds. The summed E-state index contributed by atoms with van der Waals surface area (Å²) in [6, 6.07) is 8.20. The zero-order valence-electron chi connectivity index (χ0n) is 15.2. The van der Waals surface area contributed by atoms with Crippen molar-refractivity contribution >= 4 is 16.9 Å². The first-order chi connectivity index (χ1) is 13.3. The van der Waals surface area contributed by atoms with Crippen LogP contribution in [0.2, 0.25) is 0 Å². The van der Waals surface area contributed by atoms with E-state index >= 15 is 0 Å². The third-order valence-corrected chi connectivity index (χ3v) is 5.29. The van der Waals surface area contributed by atoms with Gasteiger partial charge in [0, 0.05) is 29.7 Å². The Morgan fingerprint density at radius 1 is 1.18 bits per heavy atom. The first-order valence-corrected chi connectivity index (χ1v) is 8.91. The molecule has 0 bridgehead atoms. The second-order valence-electron chi connectivity index (χ2n) is 7.16. The number of pyridine rings is 1. The molecular weight excluding hydrogens is 366 g/mol. The number of rotatable bonds is 3. The lowest BCUT2D eigenvalue weighted by atomic mass is 9.95. The van der Waals surface area contributed by atoms with Crippen molar-refractivity contribution in [3.05, 3.63) is 75.6 Å². The van der Waals surface area contributed by atoms with Crippen molar-refractivity contribution in [3.8, 4) is 5.69 Å². The highest BCUT2D eigenvalue weighted by molar-refractivity contribution is 5.93. The predicted octanol–water partition coefficient (Wildman–Crippen LogP) is 3.39. The molecule has 0 aliphatic carbocycles. The lowest BCUT2D eigenvalue weighted by Crippen LogP contribution is -2.19. The van der Waals surface area contributed by atoms with Crippen LogP contribution in [-0.4, -0.2) is 40.7 Å². The van der Waals surface area contributed by atoms with Gasteiger partial charge in [-0.1, -0.05) is 0 Å². The molecule has 7 heteroatoms. The first kappa shape index (κ1) is 18.3. The summed E-state index contributed by atoms with van der Waals surface area (Å²) in [5.74, 6) is -2.36. The third kappa shape index (κ3) is 3.07. The number of aromatic carboxylic acids is 1. The van der Waals surface area contributed by atoms with Gasteiger partial charge in [-0.2, -0.15) is 0 Å². The molecule has 2 heterocycles. The molecule has 4 rings (SSSR count). The molecule has 1 aliphatic rings. The van der Waals surface area contributed by atoms with Gasteiger partial charge >= 0.3 is 5.97 Å². The smallest absolute Gasteiger partial charge is 0.341 e. The van der Waals surface area contributed by atoms with Crippen LogP contribution >= 0.6 is 0 Å². The number of carboxylic acids is 1. The Hall–Kier alpha value is -3.06. The summed E-state index contributed by atoms with van der Waals surface area (Å²) in [6.07, 6.45) is 2.01. The zero-order chi connectivity index (χ0) is 20.0. The standard InChI is InChI=1S/C21H18F2N2O3/c1-24-7-6-12(10-24)15-9-19-16(8-18(15)23)20(26)17(21(27)28)11-25(19)14-4-2-13(22)3-5-14/h2-5,8-9,11-12H,6-7,10H2,1H3,(H,27,28). The van der Waals surface area contributed by atoms with Gasteiger partial charge in [0.1, 0.15) is 17.2 Å². The average molecular weight is 384 g/mol. The highest BCUT2D eigenvalue weighted by Gasteiger charge is 2.26. The molecule has 144 valence electrons. The molecule has 0 radical (unpaired) electrons.